The van der Waals surface area contributed by atoms with Crippen molar-refractivity contribution in [3.63, 3.8) is 0 Å². The quantitative estimate of drug-likeness (QED) is 0.799. The highest BCUT2D eigenvalue weighted by atomic mass is 16.5. The molecule has 0 bridgehead atoms. The van der Waals surface area contributed by atoms with Crippen molar-refractivity contribution in [3.8, 4) is 0 Å². The van der Waals surface area contributed by atoms with Gasteiger partial charge >= 0.3 is 5.97 Å². The molecule has 0 spiro atoms. The van der Waals surface area contributed by atoms with Crippen LogP contribution in [0.15, 0.2) is 0 Å². The van der Waals surface area contributed by atoms with E-state index in [4.69, 9.17) is 4.74 Å². The number of carboxylic acid groups (broad SMARTS) is 1. The van der Waals surface area contributed by atoms with Crippen molar-refractivity contribution in [2.24, 2.45) is 11.3 Å². The van der Waals surface area contributed by atoms with Gasteiger partial charge in [-0.2, -0.15) is 0 Å². The van der Waals surface area contributed by atoms with E-state index in [0.717, 1.165) is 25.9 Å². The number of carbonyl (C=O) groups is 2. The molecule has 1 amide bonds. The highest BCUT2D eigenvalue weighted by Gasteiger charge is 2.47. The van der Waals surface area contributed by atoms with Crippen LogP contribution in [0.3, 0.4) is 0 Å². The van der Waals surface area contributed by atoms with Crippen molar-refractivity contribution < 1.29 is 19.4 Å². The molecular formula is C15H26N2O4. The lowest BCUT2D eigenvalue weighted by atomic mass is 9.76. The molecule has 6 heteroatoms. The Labute approximate surface area is 125 Å². The zero-order valence-electron chi connectivity index (χ0n) is 12.9. The number of carbonyl (C=O) groups excluding carboxylic acids is 1. The molecule has 0 saturated carbocycles. The summed E-state index contributed by atoms with van der Waals surface area (Å²) in [6, 6.07) is -0.699. The molecule has 2 aliphatic heterocycles. The summed E-state index contributed by atoms with van der Waals surface area (Å²) in [7, 11) is 1.60. The number of aliphatic carboxylic acids is 1. The zero-order valence-corrected chi connectivity index (χ0v) is 12.9. The fraction of sp³-hybridized carbons (Fsp3) is 0.867. The third-order valence-electron chi connectivity index (χ3n) is 4.88. The van der Waals surface area contributed by atoms with Crippen LogP contribution in [0.5, 0.6) is 0 Å². The van der Waals surface area contributed by atoms with Crippen LogP contribution >= 0.6 is 0 Å². The summed E-state index contributed by atoms with van der Waals surface area (Å²) in [5, 5.41) is 12.8. The first kappa shape index (κ1) is 16.2. The largest absolute Gasteiger partial charge is 0.480 e. The number of amides is 1. The van der Waals surface area contributed by atoms with Crippen LogP contribution in [0.4, 0.5) is 0 Å². The molecule has 2 rings (SSSR count). The minimum Gasteiger partial charge on any atom is -0.480 e. The molecule has 6 nitrogen and oxygen atoms in total. The van der Waals surface area contributed by atoms with Crippen molar-refractivity contribution >= 4 is 11.9 Å². The Bertz CT molecular complexity index is 388. The second kappa shape index (κ2) is 6.75. The van der Waals surface area contributed by atoms with E-state index < -0.39 is 17.4 Å². The van der Waals surface area contributed by atoms with Crippen molar-refractivity contribution in [2.75, 3.05) is 33.4 Å². The molecule has 2 aliphatic rings. The number of carboxylic acids is 1. The number of ether oxygens (including phenoxy) is 1. The zero-order chi connectivity index (χ0) is 15.5. The van der Waals surface area contributed by atoms with Crippen molar-refractivity contribution in [1.82, 2.24) is 10.2 Å². The second-order valence-corrected chi connectivity index (χ2v) is 6.36. The molecule has 2 unspecified atom stereocenters. The molecule has 120 valence electrons. The number of rotatable bonds is 4. The lowest BCUT2D eigenvalue weighted by molar-refractivity contribution is -0.163. The van der Waals surface area contributed by atoms with E-state index in [2.05, 4.69) is 5.32 Å². The second-order valence-electron chi connectivity index (χ2n) is 6.36. The van der Waals surface area contributed by atoms with Gasteiger partial charge in [-0.05, 0) is 44.7 Å². The van der Waals surface area contributed by atoms with Crippen LogP contribution in [-0.4, -0.2) is 61.3 Å². The Morgan fingerprint density at radius 1 is 1.38 bits per heavy atom. The van der Waals surface area contributed by atoms with E-state index in [9.17, 15) is 14.7 Å². The van der Waals surface area contributed by atoms with E-state index in [1.165, 1.54) is 0 Å². The fourth-order valence-corrected chi connectivity index (χ4v) is 3.70. The molecule has 2 atom stereocenters. The van der Waals surface area contributed by atoms with E-state index >= 15 is 0 Å². The van der Waals surface area contributed by atoms with Gasteiger partial charge in [0.1, 0.15) is 6.04 Å². The van der Waals surface area contributed by atoms with Gasteiger partial charge in [0.15, 0.2) is 0 Å². The molecule has 2 saturated heterocycles. The van der Waals surface area contributed by atoms with Crippen LogP contribution in [0.2, 0.25) is 0 Å². The van der Waals surface area contributed by atoms with Gasteiger partial charge in [0.25, 0.3) is 0 Å². The van der Waals surface area contributed by atoms with E-state index in [-0.39, 0.29) is 11.8 Å². The summed E-state index contributed by atoms with van der Waals surface area (Å²) in [5.41, 5.74) is -0.565. The third-order valence-corrected chi connectivity index (χ3v) is 4.88. The van der Waals surface area contributed by atoms with E-state index in [1.807, 2.05) is 6.92 Å². The van der Waals surface area contributed by atoms with Gasteiger partial charge in [-0.3, -0.25) is 4.79 Å². The lowest BCUT2D eigenvalue weighted by Crippen LogP contribution is -2.59. The minimum atomic E-state index is -0.892. The number of piperidine rings is 2. The van der Waals surface area contributed by atoms with Crippen molar-refractivity contribution in [1.29, 1.82) is 0 Å². The smallest absolute Gasteiger partial charge is 0.326 e. The Kier molecular flexibility index (Phi) is 5.22. The Hall–Kier alpha value is -1.14. The number of hydrogen-bond donors (Lipinski definition) is 2. The van der Waals surface area contributed by atoms with Crippen LogP contribution in [0.1, 0.15) is 32.6 Å². The van der Waals surface area contributed by atoms with Crippen molar-refractivity contribution in [3.05, 3.63) is 0 Å². The first-order valence-electron chi connectivity index (χ1n) is 7.75. The van der Waals surface area contributed by atoms with Crippen LogP contribution < -0.4 is 5.32 Å². The van der Waals surface area contributed by atoms with E-state index in [1.54, 1.807) is 12.0 Å². The van der Waals surface area contributed by atoms with Crippen molar-refractivity contribution in [2.45, 2.75) is 38.6 Å². The molecule has 0 aromatic heterocycles. The summed E-state index contributed by atoms with van der Waals surface area (Å²) in [4.78, 5) is 26.3. The normalized spacial score (nSPS) is 29.1. The third kappa shape index (κ3) is 3.21. The summed E-state index contributed by atoms with van der Waals surface area (Å²) >= 11 is 0. The molecule has 0 radical (unpaired) electrons. The number of likely N-dealkylation sites (tertiary alicyclic amines) is 1. The Morgan fingerprint density at radius 3 is 2.62 bits per heavy atom. The average Bonchev–Trinajstić information content (AvgIpc) is 2.47. The molecule has 0 aromatic carbocycles. The molecule has 0 aromatic rings. The molecule has 2 fully saturated rings. The maximum Gasteiger partial charge on any atom is 0.326 e. The van der Waals surface area contributed by atoms with Gasteiger partial charge < -0.3 is 20.1 Å². The summed E-state index contributed by atoms with van der Waals surface area (Å²) in [5.74, 6) is -0.927. The van der Waals surface area contributed by atoms with Crippen LogP contribution in [0, 0.1) is 11.3 Å². The topological polar surface area (TPSA) is 78.9 Å². The molecule has 0 aliphatic carbocycles. The minimum absolute atomic E-state index is 0.00140. The van der Waals surface area contributed by atoms with Gasteiger partial charge in [0.2, 0.25) is 5.91 Å². The highest BCUT2D eigenvalue weighted by molar-refractivity contribution is 5.88. The van der Waals surface area contributed by atoms with Gasteiger partial charge in [-0.15, -0.1) is 0 Å². The average molecular weight is 298 g/mol. The van der Waals surface area contributed by atoms with Gasteiger partial charge in [0.05, 0.1) is 12.0 Å². The highest BCUT2D eigenvalue weighted by Crippen LogP contribution is 2.35. The Balaban J connectivity index is 2.23. The predicted octanol–water partition coefficient (Wildman–Crippen LogP) is 0.714. The standard InChI is InChI=1S/C15H26N2O4/c1-11-4-3-9-17(12(11)13(18)19)14(20)15(10-21-2)5-7-16-8-6-15/h11-12,16H,3-10H2,1-2H3,(H,18,19). The molecular weight excluding hydrogens is 272 g/mol. The number of methoxy groups -OCH3 is 1. The van der Waals surface area contributed by atoms with Gasteiger partial charge in [-0.1, -0.05) is 6.92 Å². The maximum absolute atomic E-state index is 13.1. The summed E-state index contributed by atoms with van der Waals surface area (Å²) < 4.78 is 5.30. The van der Waals surface area contributed by atoms with Gasteiger partial charge in [0, 0.05) is 13.7 Å². The SMILES string of the molecule is COCC1(C(=O)N2CCCC(C)C2C(=O)O)CCNCC1. The number of hydrogen-bond acceptors (Lipinski definition) is 4. The summed E-state index contributed by atoms with van der Waals surface area (Å²) in [6.07, 6.45) is 3.14. The predicted molar refractivity (Wildman–Crippen MR) is 77.9 cm³/mol. The van der Waals surface area contributed by atoms with Crippen LogP contribution in [-0.2, 0) is 14.3 Å². The Morgan fingerprint density at radius 2 is 2.05 bits per heavy atom. The maximum atomic E-state index is 13.1. The lowest BCUT2D eigenvalue weighted by Gasteiger charge is -2.44. The first-order valence-corrected chi connectivity index (χ1v) is 7.75. The summed E-state index contributed by atoms with van der Waals surface area (Å²) in [6.45, 7) is 4.37. The molecule has 21 heavy (non-hydrogen) atoms. The molecule has 2 N–H and O–H groups in total. The number of nitrogens with zero attached hydrogens (tertiary/aromatic N) is 1. The molecule has 2 heterocycles. The monoisotopic (exact) mass is 298 g/mol. The number of nitrogens with one attached hydrogen (secondary N) is 1. The fourth-order valence-electron chi connectivity index (χ4n) is 3.70. The first-order chi connectivity index (χ1) is 10.0. The van der Waals surface area contributed by atoms with E-state index in [0.29, 0.717) is 26.0 Å². The van der Waals surface area contributed by atoms with Crippen LogP contribution in [0.25, 0.3) is 0 Å². The van der Waals surface area contributed by atoms with Gasteiger partial charge in [-0.25, -0.2) is 4.79 Å².